The third-order valence-electron chi connectivity index (χ3n) is 5.62. The van der Waals surface area contributed by atoms with Crippen LogP contribution in [0.4, 0.5) is 0 Å². The first-order valence-corrected chi connectivity index (χ1v) is 10.3. The molecular formula is C26H28NO3+. The fraction of sp³-hybridized carbons (Fsp3) is 0.269. The standard InChI is InChI=1S/C26H28NO3/c1-27-13-12-21-16-25(28-2)26(29-3)17-23(21)24(27)15-20-10-7-11-22(14-20)30-18-19-8-5-4-6-9-19/h4-11,14,16-17H,12-13,15,18H2,1-3H3/q+1. The van der Waals surface area contributed by atoms with Gasteiger partial charge in [-0.1, -0.05) is 42.5 Å². The van der Waals surface area contributed by atoms with Gasteiger partial charge in [0.15, 0.2) is 17.2 Å². The van der Waals surface area contributed by atoms with Crippen LogP contribution in [-0.2, 0) is 19.4 Å². The Kier molecular flexibility index (Phi) is 6.03. The highest BCUT2D eigenvalue weighted by Gasteiger charge is 2.26. The van der Waals surface area contributed by atoms with Crippen LogP contribution in [0.15, 0.2) is 66.7 Å². The molecule has 4 nitrogen and oxygen atoms in total. The third kappa shape index (κ3) is 4.33. The molecule has 4 rings (SSSR count). The van der Waals surface area contributed by atoms with E-state index in [1.54, 1.807) is 14.2 Å². The number of ether oxygens (including phenoxy) is 3. The van der Waals surface area contributed by atoms with Crippen LogP contribution in [0.2, 0.25) is 0 Å². The first kappa shape index (κ1) is 20.0. The van der Waals surface area contributed by atoms with E-state index in [1.807, 2.05) is 24.3 Å². The van der Waals surface area contributed by atoms with Gasteiger partial charge >= 0.3 is 0 Å². The second-order valence-corrected chi connectivity index (χ2v) is 7.58. The number of nitrogens with zero attached hydrogens (tertiary/aromatic N) is 1. The zero-order valence-corrected chi connectivity index (χ0v) is 17.9. The Hall–Kier alpha value is -3.27. The van der Waals surface area contributed by atoms with Gasteiger partial charge in [-0.25, -0.2) is 4.58 Å². The van der Waals surface area contributed by atoms with E-state index < -0.39 is 0 Å². The molecule has 0 unspecified atom stereocenters. The first-order valence-electron chi connectivity index (χ1n) is 10.3. The van der Waals surface area contributed by atoms with Gasteiger partial charge in [-0.3, -0.25) is 0 Å². The van der Waals surface area contributed by atoms with Crippen LogP contribution in [0.25, 0.3) is 0 Å². The molecule has 154 valence electrons. The number of benzene rings is 3. The molecule has 30 heavy (non-hydrogen) atoms. The topological polar surface area (TPSA) is 30.7 Å². The van der Waals surface area contributed by atoms with Crippen LogP contribution < -0.4 is 14.2 Å². The summed E-state index contributed by atoms with van der Waals surface area (Å²) in [4.78, 5) is 0. The summed E-state index contributed by atoms with van der Waals surface area (Å²) in [7, 11) is 5.53. The molecule has 0 spiro atoms. The Morgan fingerprint density at radius 2 is 1.57 bits per heavy atom. The normalized spacial score (nSPS) is 13.0. The minimum absolute atomic E-state index is 0.570. The van der Waals surface area contributed by atoms with E-state index in [9.17, 15) is 0 Å². The molecule has 0 aliphatic carbocycles. The Labute approximate surface area is 178 Å². The second-order valence-electron chi connectivity index (χ2n) is 7.58. The average Bonchev–Trinajstić information content (AvgIpc) is 2.79. The predicted octanol–water partition coefficient (Wildman–Crippen LogP) is 4.51. The SMILES string of the molecule is COc1cc2c(cc1OC)C(Cc1cccc(OCc3ccccc3)c1)=[N+](C)CC2. The van der Waals surface area contributed by atoms with E-state index in [2.05, 4.69) is 54.1 Å². The van der Waals surface area contributed by atoms with Crippen molar-refractivity contribution in [2.75, 3.05) is 27.8 Å². The van der Waals surface area contributed by atoms with Gasteiger partial charge in [-0.15, -0.1) is 0 Å². The zero-order chi connectivity index (χ0) is 20.9. The van der Waals surface area contributed by atoms with Crippen molar-refractivity contribution in [3.05, 3.63) is 89.0 Å². The van der Waals surface area contributed by atoms with Crippen LogP contribution in [0.3, 0.4) is 0 Å². The van der Waals surface area contributed by atoms with Gasteiger partial charge in [0.2, 0.25) is 0 Å². The Morgan fingerprint density at radius 1 is 0.833 bits per heavy atom. The van der Waals surface area contributed by atoms with Gasteiger partial charge in [0.25, 0.3) is 0 Å². The molecule has 1 aliphatic rings. The van der Waals surface area contributed by atoms with Gasteiger partial charge in [-0.2, -0.15) is 0 Å². The molecule has 0 N–H and O–H groups in total. The molecular weight excluding hydrogens is 374 g/mol. The lowest BCUT2D eigenvalue weighted by atomic mass is 9.92. The van der Waals surface area contributed by atoms with Crippen LogP contribution in [0.5, 0.6) is 17.2 Å². The maximum absolute atomic E-state index is 6.03. The Morgan fingerprint density at radius 3 is 2.33 bits per heavy atom. The summed E-state index contributed by atoms with van der Waals surface area (Å²) < 4.78 is 19.4. The molecule has 1 aliphatic heterocycles. The van der Waals surface area contributed by atoms with Crippen LogP contribution in [-0.4, -0.2) is 38.1 Å². The number of hydrogen-bond donors (Lipinski definition) is 0. The maximum Gasteiger partial charge on any atom is 0.187 e. The van der Waals surface area contributed by atoms with Crippen molar-refractivity contribution in [3.8, 4) is 17.2 Å². The summed E-state index contributed by atoms with van der Waals surface area (Å²) >= 11 is 0. The summed E-state index contributed by atoms with van der Waals surface area (Å²) in [6, 6.07) is 22.8. The molecule has 0 amide bonds. The van der Waals surface area contributed by atoms with Gasteiger partial charge in [0.05, 0.1) is 20.6 Å². The Balaban J connectivity index is 1.57. The van der Waals surface area contributed by atoms with E-state index in [-0.39, 0.29) is 0 Å². The van der Waals surface area contributed by atoms with Crippen molar-refractivity contribution in [2.45, 2.75) is 19.4 Å². The van der Waals surface area contributed by atoms with E-state index in [0.717, 1.165) is 36.6 Å². The predicted molar refractivity (Wildman–Crippen MR) is 119 cm³/mol. The summed E-state index contributed by atoms with van der Waals surface area (Å²) in [5, 5.41) is 0. The second kappa shape index (κ2) is 9.04. The quantitative estimate of drug-likeness (QED) is 0.545. The number of methoxy groups -OCH3 is 2. The van der Waals surface area contributed by atoms with Gasteiger partial charge in [0.1, 0.15) is 25.9 Å². The van der Waals surface area contributed by atoms with Gasteiger partial charge < -0.3 is 14.2 Å². The number of likely N-dealkylation sites (N-methyl/N-ethyl adjacent to an activating group) is 1. The van der Waals surface area contributed by atoms with E-state index >= 15 is 0 Å². The molecule has 4 heteroatoms. The molecule has 0 atom stereocenters. The third-order valence-corrected chi connectivity index (χ3v) is 5.62. The summed E-state index contributed by atoms with van der Waals surface area (Å²) in [5.74, 6) is 2.45. The van der Waals surface area contributed by atoms with Gasteiger partial charge in [0, 0.05) is 12.0 Å². The minimum Gasteiger partial charge on any atom is -0.493 e. The maximum atomic E-state index is 6.03. The van der Waals surface area contributed by atoms with Crippen molar-refractivity contribution in [1.82, 2.24) is 0 Å². The highest BCUT2D eigenvalue weighted by molar-refractivity contribution is 6.00. The van der Waals surface area contributed by atoms with E-state index in [4.69, 9.17) is 14.2 Å². The molecule has 1 heterocycles. The molecule has 3 aromatic carbocycles. The van der Waals surface area contributed by atoms with E-state index in [1.165, 1.54) is 28.0 Å². The highest BCUT2D eigenvalue weighted by atomic mass is 16.5. The number of hydrogen-bond acceptors (Lipinski definition) is 3. The van der Waals surface area contributed by atoms with Crippen molar-refractivity contribution in [2.24, 2.45) is 0 Å². The number of fused-ring (bicyclic) bond motifs is 1. The summed E-state index contributed by atoms with van der Waals surface area (Å²) in [5.41, 5.74) is 6.22. The fourth-order valence-corrected chi connectivity index (χ4v) is 3.93. The van der Waals surface area contributed by atoms with Crippen LogP contribution >= 0.6 is 0 Å². The van der Waals surface area contributed by atoms with Crippen molar-refractivity contribution >= 4 is 5.71 Å². The van der Waals surface area contributed by atoms with Crippen LogP contribution in [0, 0.1) is 0 Å². The zero-order valence-electron chi connectivity index (χ0n) is 17.9. The average molecular weight is 403 g/mol. The lowest BCUT2D eigenvalue weighted by Gasteiger charge is -2.19. The molecule has 0 saturated heterocycles. The minimum atomic E-state index is 0.570. The van der Waals surface area contributed by atoms with Crippen LogP contribution in [0.1, 0.15) is 22.3 Å². The summed E-state index contributed by atoms with van der Waals surface area (Å²) in [6.45, 7) is 1.56. The van der Waals surface area contributed by atoms with Crippen molar-refractivity contribution in [3.63, 3.8) is 0 Å². The highest BCUT2D eigenvalue weighted by Crippen LogP contribution is 2.33. The van der Waals surface area contributed by atoms with E-state index in [0.29, 0.717) is 6.61 Å². The smallest absolute Gasteiger partial charge is 0.187 e. The largest absolute Gasteiger partial charge is 0.493 e. The molecule has 3 aromatic rings. The van der Waals surface area contributed by atoms with Crippen molar-refractivity contribution in [1.29, 1.82) is 0 Å². The Bertz CT molecular complexity index is 1060. The first-order chi connectivity index (χ1) is 14.7. The monoisotopic (exact) mass is 402 g/mol. The molecule has 0 fully saturated rings. The number of rotatable bonds is 7. The molecule has 0 radical (unpaired) electrons. The lowest BCUT2D eigenvalue weighted by Crippen LogP contribution is -2.29. The summed E-state index contributed by atoms with van der Waals surface area (Å²) in [6.07, 6.45) is 1.83. The lowest BCUT2D eigenvalue weighted by molar-refractivity contribution is -0.498. The molecule has 0 bridgehead atoms. The van der Waals surface area contributed by atoms with Gasteiger partial charge in [-0.05, 0) is 41.0 Å². The fourth-order valence-electron chi connectivity index (χ4n) is 3.93. The van der Waals surface area contributed by atoms with Crippen molar-refractivity contribution < 1.29 is 18.8 Å². The molecule has 0 aromatic heterocycles. The molecule has 0 saturated carbocycles.